The van der Waals surface area contributed by atoms with Gasteiger partial charge in [-0.15, -0.1) is 0 Å². The van der Waals surface area contributed by atoms with Crippen molar-refractivity contribution in [3.05, 3.63) is 12.3 Å². The van der Waals surface area contributed by atoms with E-state index in [1.54, 1.807) is 12.3 Å². The number of anilines is 2. The van der Waals surface area contributed by atoms with Crippen molar-refractivity contribution in [3.63, 3.8) is 0 Å². The van der Waals surface area contributed by atoms with E-state index in [2.05, 4.69) is 25.3 Å². The van der Waals surface area contributed by atoms with E-state index in [1.165, 1.54) is 7.05 Å². The van der Waals surface area contributed by atoms with Gasteiger partial charge in [-0.05, 0) is 20.0 Å². The third kappa shape index (κ3) is 4.96. The molecule has 8 heteroatoms. The molecule has 0 spiro atoms. The summed E-state index contributed by atoms with van der Waals surface area (Å²) in [4.78, 5) is 8.17. The van der Waals surface area contributed by atoms with E-state index < -0.39 is 10.0 Å². The lowest BCUT2D eigenvalue weighted by molar-refractivity contribution is 0.588. The van der Waals surface area contributed by atoms with E-state index in [0.717, 1.165) is 6.54 Å². The predicted octanol–water partition coefficient (Wildman–Crippen LogP) is -0.131. The van der Waals surface area contributed by atoms with Gasteiger partial charge in [-0.2, -0.15) is 4.98 Å². The lowest BCUT2D eigenvalue weighted by atomic mass is 10.5. The molecule has 0 aliphatic rings. The highest BCUT2D eigenvalue weighted by molar-refractivity contribution is 7.89. The Morgan fingerprint density at radius 2 is 2.12 bits per heavy atom. The summed E-state index contributed by atoms with van der Waals surface area (Å²) in [6, 6.07) is 1.69. The highest BCUT2D eigenvalue weighted by Crippen LogP contribution is 2.04. The second kappa shape index (κ2) is 6.36. The molecule has 0 atom stereocenters. The fourth-order valence-electron chi connectivity index (χ4n) is 1.12. The Labute approximate surface area is 101 Å². The van der Waals surface area contributed by atoms with Crippen LogP contribution in [0.3, 0.4) is 0 Å². The summed E-state index contributed by atoms with van der Waals surface area (Å²) in [5.74, 6) is 1.13. The fraction of sp³-hybridized carbons (Fsp3) is 0.556. The highest BCUT2D eigenvalue weighted by Gasteiger charge is 2.06. The Hall–Kier alpha value is -1.41. The standard InChI is InChI=1S/C9H17N5O2S/c1-3-11-9-13-5-4-8(14-9)12-6-7-17(15,16)10-2/h4-5,10H,3,6-7H2,1-2H3,(H2,11,12,13,14). The topological polar surface area (TPSA) is 96.0 Å². The molecule has 17 heavy (non-hydrogen) atoms. The van der Waals surface area contributed by atoms with Crippen molar-refractivity contribution >= 4 is 21.8 Å². The first-order valence-electron chi connectivity index (χ1n) is 5.29. The third-order valence-electron chi connectivity index (χ3n) is 1.98. The molecule has 0 aliphatic heterocycles. The lowest BCUT2D eigenvalue weighted by Gasteiger charge is -2.07. The van der Waals surface area contributed by atoms with Crippen molar-refractivity contribution < 1.29 is 8.42 Å². The minimum Gasteiger partial charge on any atom is -0.369 e. The molecule has 0 unspecified atom stereocenters. The Balaban J connectivity index is 2.49. The van der Waals surface area contributed by atoms with E-state index in [0.29, 0.717) is 18.3 Å². The summed E-state index contributed by atoms with van der Waals surface area (Å²) < 4.78 is 24.6. The molecule has 0 bridgehead atoms. The molecule has 1 heterocycles. The van der Waals surface area contributed by atoms with Gasteiger partial charge in [0.1, 0.15) is 5.82 Å². The van der Waals surface area contributed by atoms with Gasteiger partial charge in [-0.1, -0.05) is 0 Å². The summed E-state index contributed by atoms with van der Waals surface area (Å²) in [6.07, 6.45) is 1.61. The van der Waals surface area contributed by atoms with Crippen LogP contribution in [0.5, 0.6) is 0 Å². The molecule has 0 fully saturated rings. The first-order chi connectivity index (χ1) is 8.07. The van der Waals surface area contributed by atoms with Crippen molar-refractivity contribution in [2.75, 3.05) is 36.5 Å². The average Bonchev–Trinajstić information content (AvgIpc) is 2.30. The van der Waals surface area contributed by atoms with Gasteiger partial charge in [0.15, 0.2) is 0 Å². The van der Waals surface area contributed by atoms with Crippen LogP contribution in [-0.4, -0.2) is 44.3 Å². The third-order valence-corrected chi connectivity index (χ3v) is 3.34. The fourth-order valence-corrected chi connectivity index (χ4v) is 1.69. The molecule has 1 aromatic rings. The maximum absolute atomic E-state index is 11.2. The normalized spacial score (nSPS) is 11.2. The van der Waals surface area contributed by atoms with Crippen molar-refractivity contribution in [3.8, 4) is 0 Å². The van der Waals surface area contributed by atoms with Gasteiger partial charge in [0, 0.05) is 19.3 Å². The SMILES string of the molecule is CCNc1nccc(NCCS(=O)(=O)NC)n1. The zero-order valence-electron chi connectivity index (χ0n) is 9.90. The number of nitrogens with zero attached hydrogens (tertiary/aromatic N) is 2. The molecule has 0 radical (unpaired) electrons. The number of hydrogen-bond donors (Lipinski definition) is 3. The monoisotopic (exact) mass is 259 g/mol. The Bertz CT molecular complexity index is 448. The van der Waals surface area contributed by atoms with Gasteiger partial charge >= 0.3 is 0 Å². The van der Waals surface area contributed by atoms with Gasteiger partial charge in [0.2, 0.25) is 16.0 Å². The molecule has 0 aromatic carbocycles. The predicted molar refractivity (Wildman–Crippen MR) is 67.5 cm³/mol. The summed E-state index contributed by atoms with van der Waals surface area (Å²) >= 11 is 0. The zero-order valence-corrected chi connectivity index (χ0v) is 10.7. The largest absolute Gasteiger partial charge is 0.369 e. The number of aromatic nitrogens is 2. The van der Waals surface area contributed by atoms with Crippen molar-refractivity contribution in [1.82, 2.24) is 14.7 Å². The molecule has 0 aliphatic carbocycles. The van der Waals surface area contributed by atoms with Crippen LogP contribution in [0.2, 0.25) is 0 Å². The van der Waals surface area contributed by atoms with Crippen LogP contribution in [0.25, 0.3) is 0 Å². The van der Waals surface area contributed by atoms with Gasteiger partial charge in [0.25, 0.3) is 0 Å². The van der Waals surface area contributed by atoms with E-state index in [-0.39, 0.29) is 5.75 Å². The van der Waals surface area contributed by atoms with Crippen LogP contribution in [0, 0.1) is 0 Å². The average molecular weight is 259 g/mol. The first kappa shape index (κ1) is 13.7. The second-order valence-electron chi connectivity index (χ2n) is 3.25. The van der Waals surface area contributed by atoms with Crippen molar-refractivity contribution in [2.45, 2.75) is 6.92 Å². The van der Waals surface area contributed by atoms with Crippen LogP contribution in [0.15, 0.2) is 12.3 Å². The van der Waals surface area contributed by atoms with E-state index in [9.17, 15) is 8.42 Å². The minimum absolute atomic E-state index is 0.00401. The smallest absolute Gasteiger partial charge is 0.224 e. The molecule has 1 rings (SSSR count). The summed E-state index contributed by atoms with van der Waals surface area (Å²) in [5, 5.41) is 5.90. The highest BCUT2D eigenvalue weighted by atomic mass is 32.2. The maximum atomic E-state index is 11.2. The van der Waals surface area contributed by atoms with Crippen molar-refractivity contribution in [1.29, 1.82) is 0 Å². The second-order valence-corrected chi connectivity index (χ2v) is 5.29. The molecule has 0 saturated heterocycles. The molecule has 0 amide bonds. The van der Waals surface area contributed by atoms with Crippen LogP contribution in [-0.2, 0) is 10.0 Å². The molecule has 3 N–H and O–H groups in total. The number of sulfonamides is 1. The van der Waals surface area contributed by atoms with E-state index >= 15 is 0 Å². The number of hydrogen-bond acceptors (Lipinski definition) is 6. The van der Waals surface area contributed by atoms with Crippen LogP contribution in [0.1, 0.15) is 6.92 Å². The van der Waals surface area contributed by atoms with E-state index in [1.807, 2.05) is 6.92 Å². The molecule has 96 valence electrons. The number of rotatable bonds is 7. The molecule has 1 aromatic heterocycles. The Morgan fingerprint density at radius 1 is 1.35 bits per heavy atom. The first-order valence-corrected chi connectivity index (χ1v) is 6.94. The summed E-state index contributed by atoms with van der Waals surface area (Å²) in [5.41, 5.74) is 0. The Kier molecular flexibility index (Phi) is 5.11. The quantitative estimate of drug-likeness (QED) is 0.631. The molecular formula is C9H17N5O2S. The van der Waals surface area contributed by atoms with Crippen molar-refractivity contribution in [2.24, 2.45) is 0 Å². The van der Waals surface area contributed by atoms with Crippen LogP contribution in [0.4, 0.5) is 11.8 Å². The zero-order chi connectivity index (χ0) is 12.7. The minimum atomic E-state index is -3.18. The maximum Gasteiger partial charge on any atom is 0.224 e. The molecule has 7 nitrogen and oxygen atoms in total. The Morgan fingerprint density at radius 3 is 2.76 bits per heavy atom. The number of nitrogens with one attached hydrogen (secondary N) is 3. The molecule has 0 saturated carbocycles. The van der Waals surface area contributed by atoms with Gasteiger partial charge in [0.05, 0.1) is 5.75 Å². The van der Waals surface area contributed by atoms with Gasteiger partial charge in [-0.3, -0.25) is 0 Å². The summed E-state index contributed by atoms with van der Waals surface area (Å²) in [7, 11) is -1.79. The lowest BCUT2D eigenvalue weighted by Crippen LogP contribution is -2.26. The van der Waals surface area contributed by atoms with Crippen LogP contribution >= 0.6 is 0 Å². The van der Waals surface area contributed by atoms with E-state index in [4.69, 9.17) is 0 Å². The molecular weight excluding hydrogens is 242 g/mol. The summed E-state index contributed by atoms with van der Waals surface area (Å²) in [6.45, 7) is 2.98. The van der Waals surface area contributed by atoms with Gasteiger partial charge < -0.3 is 10.6 Å². The van der Waals surface area contributed by atoms with Crippen LogP contribution < -0.4 is 15.4 Å². The van der Waals surface area contributed by atoms with Gasteiger partial charge in [-0.25, -0.2) is 18.1 Å².